The van der Waals surface area contributed by atoms with E-state index < -0.39 is 0 Å². The molecule has 0 aromatic heterocycles. The van der Waals surface area contributed by atoms with E-state index in [-0.39, 0.29) is 17.7 Å². The van der Waals surface area contributed by atoms with Crippen molar-refractivity contribution in [1.82, 2.24) is 5.32 Å². The second-order valence-electron chi connectivity index (χ2n) is 4.69. The average Bonchev–Trinajstić information content (AvgIpc) is 2.43. The predicted molar refractivity (Wildman–Crippen MR) is 88.3 cm³/mol. The summed E-state index contributed by atoms with van der Waals surface area (Å²) in [6.45, 7) is 2.65. The smallest absolute Gasteiger partial charge is 0.129 e. The van der Waals surface area contributed by atoms with Crippen molar-refractivity contribution >= 4 is 31.9 Å². The second-order valence-corrected chi connectivity index (χ2v) is 6.39. The van der Waals surface area contributed by atoms with Gasteiger partial charge in [-0.25, -0.2) is 8.78 Å². The van der Waals surface area contributed by atoms with Crippen LogP contribution in [0.1, 0.15) is 24.1 Å². The molecule has 1 nitrogen and oxygen atoms in total. The summed E-state index contributed by atoms with van der Waals surface area (Å²) in [4.78, 5) is 0. The van der Waals surface area contributed by atoms with Crippen LogP contribution in [0.2, 0.25) is 0 Å². The molecule has 1 unspecified atom stereocenters. The maximum absolute atomic E-state index is 14.2. The Bertz CT molecular complexity index is 611. The van der Waals surface area contributed by atoms with Gasteiger partial charge in [-0.15, -0.1) is 0 Å². The number of likely N-dealkylation sites (N-methyl/N-ethyl adjacent to an activating group) is 1. The lowest BCUT2D eigenvalue weighted by Crippen LogP contribution is -2.24. The van der Waals surface area contributed by atoms with Crippen LogP contribution in [0.25, 0.3) is 0 Å². The minimum Gasteiger partial charge on any atom is -0.310 e. The van der Waals surface area contributed by atoms with Gasteiger partial charge in [-0.05, 0) is 48.9 Å². The number of nitrogens with one attached hydrogen (secondary N) is 1. The van der Waals surface area contributed by atoms with Crippen LogP contribution in [0.3, 0.4) is 0 Å². The van der Waals surface area contributed by atoms with Crippen molar-refractivity contribution in [2.45, 2.75) is 19.4 Å². The first-order valence-electron chi connectivity index (χ1n) is 6.64. The first-order chi connectivity index (χ1) is 10.0. The number of rotatable bonds is 5. The van der Waals surface area contributed by atoms with Gasteiger partial charge in [0, 0.05) is 20.6 Å². The molecule has 0 amide bonds. The van der Waals surface area contributed by atoms with Crippen LogP contribution in [0.15, 0.2) is 45.3 Å². The summed E-state index contributed by atoms with van der Waals surface area (Å²) in [7, 11) is 0. The molecule has 0 spiro atoms. The van der Waals surface area contributed by atoms with Crippen molar-refractivity contribution in [2.24, 2.45) is 0 Å². The molecule has 0 radical (unpaired) electrons. The summed E-state index contributed by atoms with van der Waals surface area (Å²) < 4.78 is 29.1. The van der Waals surface area contributed by atoms with Gasteiger partial charge in [0.05, 0.1) is 0 Å². The standard InChI is InChI=1S/C16H15Br2F2N/c1-2-21-15(16-13(18)4-3-5-14(16)20)9-10-8-11(19)6-7-12(10)17/h3-8,15,21H,2,9H2,1H3. The summed E-state index contributed by atoms with van der Waals surface area (Å²) in [6.07, 6.45) is 0.492. The highest BCUT2D eigenvalue weighted by Crippen LogP contribution is 2.30. The first kappa shape index (κ1) is 16.6. The molecule has 21 heavy (non-hydrogen) atoms. The first-order valence-corrected chi connectivity index (χ1v) is 8.22. The minimum absolute atomic E-state index is 0.233. The zero-order chi connectivity index (χ0) is 15.4. The van der Waals surface area contributed by atoms with Crippen LogP contribution in [0.4, 0.5) is 8.78 Å². The molecule has 5 heteroatoms. The fourth-order valence-corrected chi connectivity index (χ4v) is 3.31. The topological polar surface area (TPSA) is 12.0 Å². The Morgan fingerprint density at radius 3 is 2.52 bits per heavy atom. The van der Waals surface area contributed by atoms with Crippen molar-refractivity contribution in [1.29, 1.82) is 0 Å². The monoisotopic (exact) mass is 417 g/mol. The summed E-state index contributed by atoms with van der Waals surface area (Å²) >= 11 is 6.82. The van der Waals surface area contributed by atoms with Gasteiger partial charge < -0.3 is 5.32 Å². The molecule has 1 N–H and O–H groups in total. The Morgan fingerprint density at radius 2 is 1.86 bits per heavy atom. The molecule has 112 valence electrons. The van der Waals surface area contributed by atoms with Gasteiger partial charge in [0.15, 0.2) is 0 Å². The van der Waals surface area contributed by atoms with Crippen LogP contribution in [-0.4, -0.2) is 6.54 Å². The highest BCUT2D eigenvalue weighted by Gasteiger charge is 2.19. The molecule has 0 heterocycles. The van der Waals surface area contributed by atoms with E-state index in [9.17, 15) is 8.78 Å². The van der Waals surface area contributed by atoms with Crippen LogP contribution in [-0.2, 0) is 6.42 Å². The lowest BCUT2D eigenvalue weighted by Gasteiger charge is -2.21. The summed E-state index contributed by atoms with van der Waals surface area (Å²) in [5, 5.41) is 3.26. The average molecular weight is 419 g/mol. The molecule has 0 aliphatic heterocycles. The van der Waals surface area contributed by atoms with E-state index >= 15 is 0 Å². The maximum Gasteiger partial charge on any atom is 0.129 e. The SMILES string of the molecule is CCNC(Cc1cc(F)ccc1Br)c1c(F)cccc1Br. The summed E-state index contributed by atoms with van der Waals surface area (Å²) in [5.41, 5.74) is 1.37. The van der Waals surface area contributed by atoms with Gasteiger partial charge in [-0.2, -0.15) is 0 Å². The van der Waals surface area contributed by atoms with Gasteiger partial charge in [0.2, 0.25) is 0 Å². The Balaban J connectivity index is 2.38. The molecule has 2 aromatic rings. The van der Waals surface area contributed by atoms with Gasteiger partial charge in [0.25, 0.3) is 0 Å². The van der Waals surface area contributed by atoms with E-state index in [1.807, 2.05) is 13.0 Å². The number of hydrogen-bond donors (Lipinski definition) is 1. The van der Waals surface area contributed by atoms with Gasteiger partial charge in [-0.1, -0.05) is 44.8 Å². The van der Waals surface area contributed by atoms with Crippen molar-refractivity contribution < 1.29 is 8.78 Å². The van der Waals surface area contributed by atoms with Crippen LogP contribution in [0, 0.1) is 11.6 Å². The second kappa shape index (κ2) is 7.47. The lowest BCUT2D eigenvalue weighted by atomic mass is 9.98. The molecule has 2 aromatic carbocycles. The maximum atomic E-state index is 14.2. The zero-order valence-corrected chi connectivity index (χ0v) is 14.6. The van der Waals surface area contributed by atoms with Crippen molar-refractivity contribution in [3.63, 3.8) is 0 Å². The lowest BCUT2D eigenvalue weighted by molar-refractivity contribution is 0.506. The molecule has 0 saturated carbocycles. The van der Waals surface area contributed by atoms with E-state index in [2.05, 4.69) is 37.2 Å². The van der Waals surface area contributed by atoms with E-state index in [1.54, 1.807) is 12.1 Å². The zero-order valence-electron chi connectivity index (χ0n) is 11.5. The quantitative estimate of drug-likeness (QED) is 0.686. The molecular weight excluding hydrogens is 404 g/mol. The van der Waals surface area contributed by atoms with Crippen molar-refractivity contribution in [2.75, 3.05) is 6.54 Å². The fourth-order valence-electron chi connectivity index (χ4n) is 2.29. The minimum atomic E-state index is -0.295. The normalized spacial score (nSPS) is 12.4. The number of benzene rings is 2. The molecule has 0 aliphatic carbocycles. The third-order valence-corrected chi connectivity index (χ3v) is 4.70. The third kappa shape index (κ3) is 4.11. The third-order valence-electron chi connectivity index (χ3n) is 3.23. The molecule has 0 saturated heterocycles. The molecular formula is C16H15Br2F2N. The molecule has 1 atom stereocenters. The summed E-state index contributed by atoms with van der Waals surface area (Å²) in [5.74, 6) is -0.570. The highest BCUT2D eigenvalue weighted by atomic mass is 79.9. The van der Waals surface area contributed by atoms with E-state index in [0.717, 1.165) is 10.0 Å². The highest BCUT2D eigenvalue weighted by molar-refractivity contribution is 9.10. The van der Waals surface area contributed by atoms with Gasteiger partial charge in [0.1, 0.15) is 11.6 Å². The fraction of sp³-hybridized carbons (Fsp3) is 0.250. The Labute approximate surface area is 140 Å². The van der Waals surface area contributed by atoms with Crippen molar-refractivity contribution in [3.05, 3.63) is 68.1 Å². The van der Waals surface area contributed by atoms with Crippen LogP contribution >= 0.6 is 31.9 Å². The number of halogens is 4. The van der Waals surface area contributed by atoms with E-state index in [0.29, 0.717) is 23.0 Å². The Hall–Kier alpha value is -0.780. The molecule has 0 aliphatic rings. The Morgan fingerprint density at radius 1 is 1.10 bits per heavy atom. The van der Waals surface area contributed by atoms with Gasteiger partial charge >= 0.3 is 0 Å². The van der Waals surface area contributed by atoms with Crippen LogP contribution < -0.4 is 5.32 Å². The molecule has 0 fully saturated rings. The van der Waals surface area contributed by atoms with Gasteiger partial charge in [-0.3, -0.25) is 0 Å². The summed E-state index contributed by atoms with van der Waals surface area (Å²) in [6, 6.07) is 9.21. The van der Waals surface area contributed by atoms with E-state index in [1.165, 1.54) is 18.2 Å². The van der Waals surface area contributed by atoms with E-state index in [4.69, 9.17) is 0 Å². The Kier molecular flexibility index (Phi) is 5.90. The molecule has 2 rings (SSSR count). The molecule has 0 bridgehead atoms. The van der Waals surface area contributed by atoms with Crippen LogP contribution in [0.5, 0.6) is 0 Å². The largest absolute Gasteiger partial charge is 0.310 e. The number of hydrogen-bond acceptors (Lipinski definition) is 1. The van der Waals surface area contributed by atoms with Crippen molar-refractivity contribution in [3.8, 4) is 0 Å². The predicted octanol–water partition coefficient (Wildman–Crippen LogP) is 5.38.